The highest BCUT2D eigenvalue weighted by molar-refractivity contribution is 4.76. The van der Waals surface area contributed by atoms with E-state index in [0.29, 0.717) is 0 Å². The van der Waals surface area contributed by atoms with Crippen LogP contribution >= 0.6 is 0 Å². The van der Waals surface area contributed by atoms with Gasteiger partial charge in [0.05, 0.1) is 0 Å². The molecule has 2 heteroatoms. The molecule has 0 spiro atoms. The number of piperidine rings is 1. The molecule has 1 fully saturated rings. The molecular weight excluding hydrogens is 148 g/mol. The molecular formula is C10H22N2. The minimum atomic E-state index is 0.832. The third kappa shape index (κ3) is 2.76. The molecule has 1 rings (SSSR count). The molecule has 1 aliphatic heterocycles. The summed E-state index contributed by atoms with van der Waals surface area (Å²) in [5, 5.41) is 0. The fraction of sp³-hybridized carbons (Fsp3) is 1.00. The van der Waals surface area contributed by atoms with Gasteiger partial charge >= 0.3 is 0 Å². The van der Waals surface area contributed by atoms with E-state index in [4.69, 9.17) is 0 Å². The Bertz CT molecular complexity index is 115. The van der Waals surface area contributed by atoms with Crippen molar-refractivity contribution in [3.63, 3.8) is 0 Å². The summed E-state index contributed by atoms with van der Waals surface area (Å²) in [7, 11) is 4.39. The van der Waals surface area contributed by atoms with Crippen molar-refractivity contribution in [2.24, 2.45) is 0 Å². The van der Waals surface area contributed by atoms with Gasteiger partial charge in [0.25, 0.3) is 0 Å². The molecule has 0 aromatic heterocycles. The highest BCUT2D eigenvalue weighted by Crippen LogP contribution is 2.13. The van der Waals surface area contributed by atoms with Crippen molar-refractivity contribution in [1.82, 2.24) is 9.80 Å². The van der Waals surface area contributed by atoms with Gasteiger partial charge in [0.1, 0.15) is 0 Å². The molecule has 1 saturated heterocycles. The van der Waals surface area contributed by atoms with E-state index in [1.54, 1.807) is 0 Å². The van der Waals surface area contributed by atoms with Crippen molar-refractivity contribution in [3.8, 4) is 0 Å². The Kier molecular flexibility index (Phi) is 4.02. The van der Waals surface area contributed by atoms with Crippen molar-refractivity contribution in [1.29, 1.82) is 0 Å². The lowest BCUT2D eigenvalue weighted by atomic mass is 10.0. The van der Waals surface area contributed by atoms with Gasteiger partial charge in [-0.25, -0.2) is 0 Å². The summed E-state index contributed by atoms with van der Waals surface area (Å²) in [6, 6.07) is 0.832. The number of nitrogens with zero attached hydrogens (tertiary/aromatic N) is 2. The average molecular weight is 170 g/mol. The highest BCUT2D eigenvalue weighted by Gasteiger charge is 2.19. The third-order valence-corrected chi connectivity index (χ3v) is 2.83. The maximum atomic E-state index is 2.58. The summed E-state index contributed by atoms with van der Waals surface area (Å²) in [4.78, 5) is 4.95. The Morgan fingerprint density at radius 1 is 1.25 bits per heavy atom. The van der Waals surface area contributed by atoms with Crippen LogP contribution < -0.4 is 0 Å². The molecule has 12 heavy (non-hydrogen) atoms. The van der Waals surface area contributed by atoms with Gasteiger partial charge in [-0.15, -0.1) is 0 Å². The lowest BCUT2D eigenvalue weighted by molar-refractivity contribution is 0.145. The predicted octanol–water partition coefficient (Wildman–Crippen LogP) is 1.42. The SMILES string of the molecule is CCCN1CCC(N(C)C)CC1. The average Bonchev–Trinajstić information content (AvgIpc) is 2.06. The fourth-order valence-corrected chi connectivity index (χ4v) is 1.98. The summed E-state index contributed by atoms with van der Waals surface area (Å²) in [6.07, 6.45) is 4.01. The number of hydrogen-bond donors (Lipinski definition) is 0. The third-order valence-electron chi connectivity index (χ3n) is 2.83. The first-order valence-corrected chi connectivity index (χ1v) is 5.12. The maximum absolute atomic E-state index is 2.58. The van der Waals surface area contributed by atoms with Gasteiger partial charge in [0, 0.05) is 6.04 Å². The normalized spacial score (nSPS) is 22.0. The van der Waals surface area contributed by atoms with Crippen molar-refractivity contribution >= 4 is 0 Å². The van der Waals surface area contributed by atoms with E-state index in [9.17, 15) is 0 Å². The second-order valence-corrected chi connectivity index (χ2v) is 4.04. The lowest BCUT2D eigenvalue weighted by Gasteiger charge is -2.34. The summed E-state index contributed by atoms with van der Waals surface area (Å²) in [5.41, 5.74) is 0. The van der Waals surface area contributed by atoms with Crippen LogP contribution in [-0.4, -0.2) is 49.6 Å². The van der Waals surface area contributed by atoms with Gasteiger partial charge in [-0.2, -0.15) is 0 Å². The number of likely N-dealkylation sites (tertiary alicyclic amines) is 1. The minimum absolute atomic E-state index is 0.832. The lowest BCUT2D eigenvalue weighted by Crippen LogP contribution is -2.42. The van der Waals surface area contributed by atoms with E-state index in [2.05, 4.69) is 30.8 Å². The minimum Gasteiger partial charge on any atom is -0.306 e. The number of hydrogen-bond acceptors (Lipinski definition) is 2. The van der Waals surface area contributed by atoms with E-state index < -0.39 is 0 Å². The van der Waals surface area contributed by atoms with Crippen LogP contribution in [0.2, 0.25) is 0 Å². The largest absolute Gasteiger partial charge is 0.306 e. The van der Waals surface area contributed by atoms with E-state index >= 15 is 0 Å². The van der Waals surface area contributed by atoms with E-state index in [-0.39, 0.29) is 0 Å². The fourth-order valence-electron chi connectivity index (χ4n) is 1.98. The molecule has 2 nitrogen and oxygen atoms in total. The van der Waals surface area contributed by atoms with Gasteiger partial charge in [0.2, 0.25) is 0 Å². The van der Waals surface area contributed by atoms with Gasteiger partial charge in [-0.3, -0.25) is 0 Å². The molecule has 72 valence electrons. The Labute approximate surface area is 76.5 Å². The Morgan fingerprint density at radius 2 is 1.83 bits per heavy atom. The second kappa shape index (κ2) is 4.83. The van der Waals surface area contributed by atoms with Crippen LogP contribution in [0, 0.1) is 0 Å². The van der Waals surface area contributed by atoms with Gasteiger partial charge in [-0.05, 0) is 53.0 Å². The predicted molar refractivity (Wildman–Crippen MR) is 53.4 cm³/mol. The molecule has 0 saturated carbocycles. The zero-order chi connectivity index (χ0) is 8.97. The van der Waals surface area contributed by atoms with Crippen LogP contribution in [0.15, 0.2) is 0 Å². The Hall–Kier alpha value is -0.0800. The van der Waals surface area contributed by atoms with E-state index in [1.165, 1.54) is 38.9 Å². The zero-order valence-corrected chi connectivity index (χ0v) is 8.71. The molecule has 0 aliphatic carbocycles. The number of rotatable bonds is 3. The zero-order valence-electron chi connectivity index (χ0n) is 8.71. The first-order valence-electron chi connectivity index (χ1n) is 5.12. The molecule has 0 atom stereocenters. The molecule has 0 amide bonds. The van der Waals surface area contributed by atoms with Crippen molar-refractivity contribution in [2.45, 2.75) is 32.2 Å². The van der Waals surface area contributed by atoms with Crippen LogP contribution in [-0.2, 0) is 0 Å². The summed E-state index contributed by atoms with van der Waals surface area (Å²) < 4.78 is 0. The molecule has 0 N–H and O–H groups in total. The maximum Gasteiger partial charge on any atom is 0.0113 e. The summed E-state index contributed by atoms with van der Waals surface area (Å²) >= 11 is 0. The quantitative estimate of drug-likeness (QED) is 0.632. The van der Waals surface area contributed by atoms with Gasteiger partial charge in [-0.1, -0.05) is 6.92 Å². The molecule has 0 unspecified atom stereocenters. The molecule has 1 aliphatic rings. The van der Waals surface area contributed by atoms with Crippen molar-refractivity contribution < 1.29 is 0 Å². The smallest absolute Gasteiger partial charge is 0.0113 e. The molecule has 0 aromatic carbocycles. The summed E-state index contributed by atoms with van der Waals surface area (Å²) in [6.45, 7) is 6.16. The van der Waals surface area contributed by atoms with Crippen LogP contribution in [0.3, 0.4) is 0 Å². The van der Waals surface area contributed by atoms with Gasteiger partial charge < -0.3 is 9.80 Å². The standard InChI is InChI=1S/C10H22N2/c1-4-7-12-8-5-10(6-9-12)11(2)3/h10H,4-9H2,1-3H3. The molecule has 0 bridgehead atoms. The molecule has 1 heterocycles. The second-order valence-electron chi connectivity index (χ2n) is 4.04. The molecule has 0 aromatic rings. The van der Waals surface area contributed by atoms with Crippen LogP contribution in [0.1, 0.15) is 26.2 Å². The van der Waals surface area contributed by atoms with Crippen LogP contribution in [0.5, 0.6) is 0 Å². The van der Waals surface area contributed by atoms with Crippen LogP contribution in [0.4, 0.5) is 0 Å². The Morgan fingerprint density at radius 3 is 2.25 bits per heavy atom. The monoisotopic (exact) mass is 170 g/mol. The Balaban J connectivity index is 2.20. The topological polar surface area (TPSA) is 6.48 Å². The van der Waals surface area contributed by atoms with Gasteiger partial charge in [0.15, 0.2) is 0 Å². The highest BCUT2D eigenvalue weighted by atomic mass is 15.2. The van der Waals surface area contributed by atoms with Crippen molar-refractivity contribution in [2.75, 3.05) is 33.7 Å². The first kappa shape index (κ1) is 10.0. The first-order chi connectivity index (χ1) is 5.74. The van der Waals surface area contributed by atoms with Crippen molar-refractivity contribution in [3.05, 3.63) is 0 Å². The van der Waals surface area contributed by atoms with Crippen LogP contribution in [0.25, 0.3) is 0 Å². The van der Waals surface area contributed by atoms with E-state index in [1.807, 2.05) is 0 Å². The summed E-state index contributed by atoms with van der Waals surface area (Å²) in [5.74, 6) is 0. The molecule has 0 radical (unpaired) electrons. The van der Waals surface area contributed by atoms with E-state index in [0.717, 1.165) is 6.04 Å².